The van der Waals surface area contributed by atoms with E-state index in [2.05, 4.69) is 21.9 Å². The summed E-state index contributed by atoms with van der Waals surface area (Å²) in [5.41, 5.74) is 2.16. The third-order valence-corrected chi connectivity index (χ3v) is 4.67. The zero-order chi connectivity index (χ0) is 21.2. The van der Waals surface area contributed by atoms with Crippen LogP contribution in [0, 0.1) is 5.82 Å². The number of nitrogens with zero attached hydrogens (tertiary/aromatic N) is 3. The second-order valence-electron chi connectivity index (χ2n) is 8.35. The van der Waals surface area contributed by atoms with E-state index in [1.807, 2.05) is 27.0 Å². The van der Waals surface area contributed by atoms with Crippen LogP contribution in [0.1, 0.15) is 64.2 Å². The van der Waals surface area contributed by atoms with Crippen molar-refractivity contribution >= 4 is 17.5 Å². The van der Waals surface area contributed by atoms with Gasteiger partial charge in [-0.2, -0.15) is 0 Å². The molecule has 1 aromatic carbocycles. The molecule has 0 saturated heterocycles. The number of fused-ring (bicyclic) bond motifs is 1. The van der Waals surface area contributed by atoms with Crippen molar-refractivity contribution in [3.63, 3.8) is 0 Å². The molecule has 2 heterocycles. The number of halogens is 1. The van der Waals surface area contributed by atoms with E-state index in [1.165, 1.54) is 12.1 Å². The molecule has 156 valence electrons. The lowest BCUT2D eigenvalue weighted by Crippen LogP contribution is -2.35. The normalized spacial score (nSPS) is 16.8. The van der Waals surface area contributed by atoms with Crippen molar-refractivity contribution in [3.8, 4) is 0 Å². The minimum atomic E-state index is -0.374. The van der Waals surface area contributed by atoms with Gasteiger partial charge < -0.3 is 9.72 Å². The smallest absolute Gasteiger partial charge is 0.249 e. The Bertz CT molecular complexity index is 914. The van der Waals surface area contributed by atoms with E-state index in [-0.39, 0.29) is 29.9 Å². The van der Waals surface area contributed by atoms with Crippen LogP contribution in [0.25, 0.3) is 0 Å². The maximum Gasteiger partial charge on any atom is 0.249 e. The van der Waals surface area contributed by atoms with Crippen molar-refractivity contribution in [3.05, 3.63) is 47.3 Å². The molecule has 0 saturated carbocycles. The van der Waals surface area contributed by atoms with Gasteiger partial charge in [-0.3, -0.25) is 9.69 Å². The Morgan fingerprint density at radius 2 is 2.17 bits per heavy atom. The summed E-state index contributed by atoms with van der Waals surface area (Å²) in [5.74, 6) is 0.690. The summed E-state index contributed by atoms with van der Waals surface area (Å²) in [6.45, 7) is 9.59. The van der Waals surface area contributed by atoms with E-state index in [1.54, 1.807) is 17.9 Å². The van der Waals surface area contributed by atoms with Crippen LogP contribution >= 0.6 is 0 Å². The number of rotatable bonds is 5. The highest BCUT2D eigenvalue weighted by Crippen LogP contribution is 2.40. The number of hydrogen-bond donors (Lipinski definition) is 1. The standard InChI is InChI=1S/C22H29FN4O2/c1-6-7-17-12-25-21(26-17)19-11-15-10-16(23)8-9-18(15)27(19)20(28)13-24-14(2)29-22(3,4)5/h8-10,12,19H,6-7,11,13H2,1-5H3,(H,25,26). The van der Waals surface area contributed by atoms with E-state index < -0.39 is 0 Å². The van der Waals surface area contributed by atoms with Crippen molar-refractivity contribution < 1.29 is 13.9 Å². The number of benzene rings is 1. The highest BCUT2D eigenvalue weighted by molar-refractivity contribution is 5.98. The van der Waals surface area contributed by atoms with Crippen LogP contribution in [0.15, 0.2) is 29.4 Å². The van der Waals surface area contributed by atoms with Gasteiger partial charge in [0.15, 0.2) is 5.90 Å². The van der Waals surface area contributed by atoms with Gasteiger partial charge in [0.05, 0.1) is 6.04 Å². The lowest BCUT2D eigenvalue weighted by Gasteiger charge is -2.24. The third-order valence-electron chi connectivity index (χ3n) is 4.67. The molecule has 1 N–H and O–H groups in total. The molecular formula is C22H29FN4O2. The second-order valence-corrected chi connectivity index (χ2v) is 8.35. The lowest BCUT2D eigenvalue weighted by atomic mass is 10.1. The molecule has 0 spiro atoms. The molecule has 0 fully saturated rings. The fraction of sp³-hybridized carbons (Fsp3) is 0.500. The van der Waals surface area contributed by atoms with E-state index >= 15 is 0 Å². The number of aryl methyl sites for hydroxylation is 1. The summed E-state index contributed by atoms with van der Waals surface area (Å²) in [6.07, 6.45) is 4.22. The Labute approximate surface area is 171 Å². The molecule has 29 heavy (non-hydrogen) atoms. The van der Waals surface area contributed by atoms with Crippen LogP contribution in [0.4, 0.5) is 10.1 Å². The van der Waals surface area contributed by atoms with Crippen molar-refractivity contribution in [2.45, 2.75) is 65.5 Å². The fourth-order valence-electron chi connectivity index (χ4n) is 3.62. The fourth-order valence-corrected chi connectivity index (χ4v) is 3.62. The van der Waals surface area contributed by atoms with Crippen molar-refractivity contribution in [1.82, 2.24) is 9.97 Å². The molecule has 2 aromatic rings. The van der Waals surface area contributed by atoms with Crippen LogP contribution in [-0.2, 0) is 22.4 Å². The topological polar surface area (TPSA) is 70.6 Å². The number of aromatic nitrogens is 2. The average Bonchev–Trinajstić information content (AvgIpc) is 3.22. The third kappa shape index (κ3) is 5.02. The molecule has 1 atom stereocenters. The quantitative estimate of drug-likeness (QED) is 0.599. The Balaban J connectivity index is 1.86. The first-order valence-corrected chi connectivity index (χ1v) is 10.0. The number of carbonyl (C=O) groups is 1. The maximum atomic E-state index is 13.8. The van der Waals surface area contributed by atoms with Crippen LogP contribution in [0.3, 0.4) is 0 Å². The molecule has 0 radical (unpaired) electrons. The number of hydrogen-bond acceptors (Lipinski definition) is 4. The first-order chi connectivity index (χ1) is 13.7. The molecule has 1 aliphatic rings. The molecule has 0 bridgehead atoms. The van der Waals surface area contributed by atoms with Gasteiger partial charge >= 0.3 is 0 Å². The van der Waals surface area contributed by atoms with Crippen LogP contribution < -0.4 is 4.90 Å². The Morgan fingerprint density at radius 3 is 2.86 bits per heavy atom. The summed E-state index contributed by atoms with van der Waals surface area (Å²) < 4.78 is 19.5. The SMILES string of the molecule is CCCc1cnc(C2Cc3cc(F)ccc3N2C(=O)CN=C(C)OC(C)(C)C)[nH]1. The number of anilines is 1. The van der Waals surface area contributed by atoms with Crippen LogP contribution in [0.5, 0.6) is 0 Å². The summed E-state index contributed by atoms with van der Waals surface area (Å²) in [5, 5.41) is 0. The molecule has 7 heteroatoms. The minimum Gasteiger partial charge on any atom is -0.476 e. The number of ether oxygens (including phenoxy) is 1. The van der Waals surface area contributed by atoms with Gasteiger partial charge in [0.1, 0.15) is 23.8 Å². The van der Waals surface area contributed by atoms with Crippen molar-refractivity contribution in [2.24, 2.45) is 4.99 Å². The number of amides is 1. The van der Waals surface area contributed by atoms with Gasteiger partial charge in [-0.15, -0.1) is 0 Å². The molecule has 1 unspecified atom stereocenters. The Hall–Kier alpha value is -2.70. The van der Waals surface area contributed by atoms with Crippen LogP contribution in [0.2, 0.25) is 0 Å². The number of H-pyrrole nitrogens is 1. The first-order valence-electron chi connectivity index (χ1n) is 10.0. The number of aliphatic imine (C=N–C) groups is 1. The highest BCUT2D eigenvalue weighted by atomic mass is 19.1. The average molecular weight is 400 g/mol. The maximum absolute atomic E-state index is 13.8. The Kier molecular flexibility index (Phi) is 6.05. The second kappa shape index (κ2) is 8.35. The molecule has 1 aliphatic heterocycles. The molecule has 1 amide bonds. The van der Waals surface area contributed by atoms with Gasteiger partial charge in [0, 0.05) is 30.9 Å². The summed E-state index contributed by atoms with van der Waals surface area (Å²) in [6, 6.07) is 4.22. The summed E-state index contributed by atoms with van der Waals surface area (Å²) >= 11 is 0. The van der Waals surface area contributed by atoms with Gasteiger partial charge in [0.25, 0.3) is 0 Å². The summed E-state index contributed by atoms with van der Waals surface area (Å²) in [7, 11) is 0. The monoisotopic (exact) mass is 400 g/mol. The Morgan fingerprint density at radius 1 is 1.41 bits per heavy atom. The van der Waals surface area contributed by atoms with E-state index in [0.29, 0.717) is 23.8 Å². The number of carbonyl (C=O) groups excluding carboxylic acids is 1. The molecule has 6 nitrogen and oxygen atoms in total. The number of imidazole rings is 1. The van der Waals surface area contributed by atoms with Gasteiger partial charge in [-0.1, -0.05) is 13.3 Å². The zero-order valence-corrected chi connectivity index (χ0v) is 17.8. The van der Waals surface area contributed by atoms with Crippen molar-refractivity contribution in [2.75, 3.05) is 11.4 Å². The predicted octanol–water partition coefficient (Wildman–Crippen LogP) is 4.37. The van der Waals surface area contributed by atoms with Crippen LogP contribution in [-0.4, -0.2) is 33.9 Å². The molecule has 3 rings (SSSR count). The van der Waals surface area contributed by atoms with Gasteiger partial charge in [-0.05, 0) is 51.0 Å². The highest BCUT2D eigenvalue weighted by Gasteiger charge is 2.36. The molecule has 0 aliphatic carbocycles. The molecule has 1 aromatic heterocycles. The van der Waals surface area contributed by atoms with E-state index in [0.717, 1.165) is 24.1 Å². The van der Waals surface area contributed by atoms with E-state index in [4.69, 9.17) is 4.74 Å². The van der Waals surface area contributed by atoms with Gasteiger partial charge in [0.2, 0.25) is 5.91 Å². The van der Waals surface area contributed by atoms with E-state index in [9.17, 15) is 9.18 Å². The number of aromatic amines is 1. The largest absolute Gasteiger partial charge is 0.476 e. The molecular weight excluding hydrogens is 371 g/mol. The number of nitrogens with one attached hydrogen (secondary N) is 1. The predicted molar refractivity (Wildman–Crippen MR) is 112 cm³/mol. The lowest BCUT2D eigenvalue weighted by molar-refractivity contribution is -0.117. The zero-order valence-electron chi connectivity index (χ0n) is 17.8. The van der Waals surface area contributed by atoms with Crippen molar-refractivity contribution in [1.29, 1.82) is 0 Å². The first kappa shape index (κ1) is 21.0. The summed E-state index contributed by atoms with van der Waals surface area (Å²) in [4.78, 5) is 26.9. The van der Waals surface area contributed by atoms with Gasteiger partial charge in [-0.25, -0.2) is 14.4 Å². The minimum absolute atomic E-state index is 0.0439.